The number of hydrogen-bond donors (Lipinski definition) is 1. The average molecular weight is 493 g/mol. The van der Waals surface area contributed by atoms with Gasteiger partial charge in [0.05, 0.1) is 19.6 Å². The zero-order valence-corrected chi connectivity index (χ0v) is 20.9. The summed E-state index contributed by atoms with van der Waals surface area (Å²) in [6.07, 6.45) is -1.94. The van der Waals surface area contributed by atoms with Crippen LogP contribution in [0.5, 0.6) is 0 Å². The zero-order chi connectivity index (χ0) is 26.1. The van der Waals surface area contributed by atoms with Crippen molar-refractivity contribution in [3.05, 3.63) is 120 Å². The molecule has 0 aliphatic carbocycles. The van der Waals surface area contributed by atoms with Crippen LogP contribution in [-0.2, 0) is 0 Å². The molecule has 0 spiro atoms. The van der Waals surface area contributed by atoms with Crippen molar-refractivity contribution in [1.82, 2.24) is 0 Å². The molecule has 0 bridgehead atoms. The van der Waals surface area contributed by atoms with Crippen molar-refractivity contribution in [3.8, 4) is 0 Å². The average Bonchev–Trinajstić information content (AvgIpc) is 2.90. The van der Waals surface area contributed by atoms with Crippen molar-refractivity contribution >= 4 is 28.0 Å². The molecule has 0 atom stereocenters. The molecule has 4 aromatic carbocycles. The maximum atomic E-state index is 13.7. The fourth-order valence-corrected chi connectivity index (χ4v) is 4.91. The Morgan fingerprint density at radius 3 is 0.750 bits per heavy atom. The molecule has 6 heteroatoms. The van der Waals surface area contributed by atoms with Gasteiger partial charge in [-0.2, -0.15) is 21.9 Å². The van der Waals surface area contributed by atoms with Gasteiger partial charge in [-0.1, -0.05) is 48.5 Å². The summed E-state index contributed by atoms with van der Waals surface area (Å²) in [5, 5.41) is 0. The van der Waals surface area contributed by atoms with E-state index in [0.717, 1.165) is 21.9 Å². The Morgan fingerprint density at radius 1 is 0.417 bits per heavy atom. The van der Waals surface area contributed by atoms with Crippen molar-refractivity contribution in [2.45, 2.75) is 20.8 Å². The van der Waals surface area contributed by atoms with Gasteiger partial charge in [0.15, 0.2) is 0 Å². The van der Waals surface area contributed by atoms with Crippen molar-refractivity contribution < 1.29 is 22.5 Å². The second-order valence-corrected chi connectivity index (χ2v) is 8.88. The second kappa shape index (κ2) is 12.5. The van der Waals surface area contributed by atoms with E-state index in [4.69, 9.17) is 0 Å². The summed E-state index contributed by atoms with van der Waals surface area (Å²) in [7, 11) is 0. The van der Waals surface area contributed by atoms with E-state index in [0.29, 0.717) is 0 Å². The molecule has 1 nitrogen and oxygen atoms in total. The predicted molar refractivity (Wildman–Crippen MR) is 142 cm³/mol. The van der Waals surface area contributed by atoms with Crippen LogP contribution in [0.1, 0.15) is 20.8 Å². The zero-order valence-electron chi connectivity index (χ0n) is 20.9. The van der Waals surface area contributed by atoms with Gasteiger partial charge in [0.1, 0.15) is 29.4 Å². The summed E-state index contributed by atoms with van der Waals surface area (Å²) in [5.41, 5.74) is 2.99. The van der Waals surface area contributed by atoms with Gasteiger partial charge in [-0.05, 0) is 69.3 Å². The van der Waals surface area contributed by atoms with Crippen LogP contribution in [0, 0.1) is 23.3 Å². The van der Waals surface area contributed by atoms with Gasteiger partial charge >= 0.3 is 0 Å². The standard InChI is InChI=1S/C24H16BF4.C6H15N/c26-21-9-1-17(2-10-21)25(18-3-11-22(27)12-4-18,19-5-13-23(28)14-6-19)20-7-15-24(29)16-8-20;1-4-7(5-2)6-3/h1-16H;4-6H2,1-3H3/q-1;/p+1. The monoisotopic (exact) mass is 493 g/mol. The van der Waals surface area contributed by atoms with Crippen LogP contribution in [0.3, 0.4) is 0 Å². The molecular weight excluding hydrogens is 461 g/mol. The van der Waals surface area contributed by atoms with E-state index >= 15 is 0 Å². The molecular formula is C30H32BF4N. The molecule has 0 saturated heterocycles. The van der Waals surface area contributed by atoms with Crippen molar-refractivity contribution in [2.75, 3.05) is 19.6 Å². The largest absolute Gasteiger partial charge is 0.336 e. The Hall–Kier alpha value is -3.38. The Morgan fingerprint density at radius 2 is 0.611 bits per heavy atom. The third kappa shape index (κ3) is 6.06. The number of halogens is 4. The molecule has 4 aromatic rings. The molecule has 0 unspecified atom stereocenters. The van der Waals surface area contributed by atoms with Crippen LogP contribution in [0.2, 0.25) is 0 Å². The Balaban J connectivity index is 0.000000454. The van der Waals surface area contributed by atoms with Crippen LogP contribution < -0.4 is 26.8 Å². The number of rotatable bonds is 7. The van der Waals surface area contributed by atoms with E-state index < -0.39 is 29.4 Å². The minimum absolute atomic E-state index is 0.393. The van der Waals surface area contributed by atoms with Gasteiger partial charge in [0.2, 0.25) is 0 Å². The fraction of sp³-hybridized carbons (Fsp3) is 0.200. The van der Waals surface area contributed by atoms with Crippen molar-refractivity contribution in [2.24, 2.45) is 0 Å². The quantitative estimate of drug-likeness (QED) is 0.297. The van der Waals surface area contributed by atoms with Crippen LogP contribution in [-0.4, -0.2) is 25.8 Å². The van der Waals surface area contributed by atoms with E-state index in [1.807, 2.05) is 0 Å². The van der Waals surface area contributed by atoms with E-state index in [2.05, 4.69) is 20.8 Å². The molecule has 0 amide bonds. The second-order valence-electron chi connectivity index (χ2n) is 8.88. The van der Waals surface area contributed by atoms with E-state index in [9.17, 15) is 17.6 Å². The number of benzene rings is 4. The Bertz CT molecular complexity index is 1010. The third-order valence-electron chi connectivity index (χ3n) is 6.98. The molecule has 0 aromatic heterocycles. The lowest BCUT2D eigenvalue weighted by Gasteiger charge is -2.44. The minimum Gasteiger partial charge on any atom is -0.336 e. The van der Waals surface area contributed by atoms with Crippen LogP contribution >= 0.6 is 0 Å². The van der Waals surface area contributed by atoms with Gasteiger partial charge in [0.25, 0.3) is 0 Å². The highest BCUT2D eigenvalue weighted by Crippen LogP contribution is 2.12. The van der Waals surface area contributed by atoms with Gasteiger partial charge in [-0.3, -0.25) is 0 Å². The van der Waals surface area contributed by atoms with Gasteiger partial charge in [0, 0.05) is 0 Å². The van der Waals surface area contributed by atoms with E-state index in [1.165, 1.54) is 68.2 Å². The summed E-state index contributed by atoms with van der Waals surface area (Å²) in [6, 6.07) is 24.1. The topological polar surface area (TPSA) is 4.44 Å². The molecule has 0 radical (unpaired) electrons. The molecule has 0 aliphatic rings. The highest BCUT2D eigenvalue weighted by molar-refractivity contribution is 7.19. The molecule has 0 heterocycles. The van der Waals surface area contributed by atoms with Crippen LogP contribution in [0.15, 0.2) is 97.1 Å². The molecule has 1 N–H and O–H groups in total. The van der Waals surface area contributed by atoms with Crippen molar-refractivity contribution in [1.29, 1.82) is 0 Å². The normalized spacial score (nSPS) is 11.2. The molecule has 36 heavy (non-hydrogen) atoms. The number of nitrogens with one attached hydrogen (secondary N) is 1. The lowest BCUT2D eigenvalue weighted by molar-refractivity contribution is -0.894. The van der Waals surface area contributed by atoms with Crippen molar-refractivity contribution in [3.63, 3.8) is 0 Å². The molecule has 0 aliphatic heterocycles. The summed E-state index contributed by atoms with van der Waals surface area (Å²) in [5.74, 6) is -1.57. The number of quaternary nitrogens is 1. The summed E-state index contributed by atoms with van der Waals surface area (Å²) < 4.78 is 54.8. The van der Waals surface area contributed by atoms with E-state index in [1.54, 1.807) is 53.4 Å². The minimum atomic E-state index is -1.94. The van der Waals surface area contributed by atoms with Crippen LogP contribution in [0.4, 0.5) is 17.6 Å². The first-order valence-electron chi connectivity index (χ1n) is 12.4. The maximum Gasteiger partial charge on any atom is 0.122 e. The fourth-order valence-electron chi connectivity index (χ4n) is 4.91. The van der Waals surface area contributed by atoms with Gasteiger partial charge in [-0.25, -0.2) is 17.6 Å². The SMILES string of the molecule is CC[NH+](CC)CC.Fc1ccc([B-](c2ccc(F)cc2)(c2ccc(F)cc2)c2ccc(F)cc2)cc1. The molecule has 4 rings (SSSR count). The highest BCUT2D eigenvalue weighted by atomic mass is 19.1. The summed E-state index contributed by atoms with van der Waals surface area (Å²) in [6.45, 7) is 10.5. The highest BCUT2D eigenvalue weighted by Gasteiger charge is 2.31. The number of hydrogen-bond acceptors (Lipinski definition) is 0. The first kappa shape index (κ1) is 27.2. The predicted octanol–water partition coefficient (Wildman–Crippen LogP) is 3.55. The molecule has 0 saturated carbocycles. The Kier molecular flexibility index (Phi) is 9.48. The lowest BCUT2D eigenvalue weighted by atomic mass is 9.13. The lowest BCUT2D eigenvalue weighted by Crippen LogP contribution is -3.11. The Labute approximate surface area is 211 Å². The molecule has 0 fully saturated rings. The summed E-state index contributed by atoms with van der Waals surface area (Å²) in [4.78, 5) is 1.68. The first-order chi connectivity index (χ1) is 17.3. The van der Waals surface area contributed by atoms with Gasteiger partial charge < -0.3 is 4.90 Å². The maximum absolute atomic E-state index is 13.7. The third-order valence-corrected chi connectivity index (χ3v) is 6.98. The van der Waals surface area contributed by atoms with Gasteiger partial charge in [-0.15, -0.1) is 0 Å². The van der Waals surface area contributed by atoms with Crippen LogP contribution in [0.25, 0.3) is 0 Å². The molecule has 188 valence electrons. The van der Waals surface area contributed by atoms with E-state index in [-0.39, 0.29) is 0 Å². The smallest absolute Gasteiger partial charge is 0.122 e. The summed E-state index contributed by atoms with van der Waals surface area (Å²) >= 11 is 0. The first-order valence-corrected chi connectivity index (χ1v) is 12.4.